The SMILES string of the molecule is COc1ccc(-c2ccc(N3CCC(C(=O)NCCc4ccccc4)CC3)nn2)cc1. The van der Waals surface area contributed by atoms with Crippen molar-refractivity contribution in [2.75, 3.05) is 31.6 Å². The van der Waals surface area contributed by atoms with E-state index in [-0.39, 0.29) is 11.8 Å². The van der Waals surface area contributed by atoms with Crippen molar-refractivity contribution in [3.63, 3.8) is 0 Å². The maximum absolute atomic E-state index is 12.5. The highest BCUT2D eigenvalue weighted by Crippen LogP contribution is 2.24. The highest BCUT2D eigenvalue weighted by atomic mass is 16.5. The Morgan fingerprint density at radius 1 is 1.00 bits per heavy atom. The predicted octanol–water partition coefficient (Wildman–Crippen LogP) is 3.73. The van der Waals surface area contributed by atoms with E-state index in [1.807, 2.05) is 54.6 Å². The number of carbonyl (C=O) groups excluding carboxylic acids is 1. The Hall–Kier alpha value is -3.41. The summed E-state index contributed by atoms with van der Waals surface area (Å²) in [6, 6.07) is 22.0. The first kappa shape index (κ1) is 20.8. The van der Waals surface area contributed by atoms with Crippen molar-refractivity contribution in [3.05, 3.63) is 72.3 Å². The number of amides is 1. The minimum atomic E-state index is 0.0681. The van der Waals surface area contributed by atoms with Crippen molar-refractivity contribution < 1.29 is 9.53 Å². The normalized spacial score (nSPS) is 14.3. The Balaban J connectivity index is 1.25. The van der Waals surface area contributed by atoms with Crippen LogP contribution in [0.25, 0.3) is 11.3 Å². The largest absolute Gasteiger partial charge is 0.497 e. The molecule has 0 bridgehead atoms. The molecule has 3 aromatic rings. The molecule has 6 heteroatoms. The van der Waals surface area contributed by atoms with Gasteiger partial charge in [0.1, 0.15) is 5.75 Å². The number of ether oxygens (including phenoxy) is 1. The van der Waals surface area contributed by atoms with Crippen molar-refractivity contribution >= 4 is 11.7 Å². The molecule has 1 aliphatic heterocycles. The van der Waals surface area contributed by atoms with Gasteiger partial charge >= 0.3 is 0 Å². The Morgan fingerprint density at radius 2 is 1.74 bits per heavy atom. The molecular formula is C25H28N4O2. The second-order valence-electron chi connectivity index (χ2n) is 7.79. The van der Waals surface area contributed by atoms with Gasteiger partial charge in [0, 0.05) is 31.1 Å². The van der Waals surface area contributed by atoms with Crippen LogP contribution in [0, 0.1) is 5.92 Å². The van der Waals surface area contributed by atoms with Crippen LogP contribution in [0.3, 0.4) is 0 Å². The number of hydrogen-bond acceptors (Lipinski definition) is 5. The topological polar surface area (TPSA) is 67.3 Å². The van der Waals surface area contributed by atoms with Gasteiger partial charge < -0.3 is 15.0 Å². The molecule has 1 fully saturated rings. The first-order valence-corrected chi connectivity index (χ1v) is 10.8. The summed E-state index contributed by atoms with van der Waals surface area (Å²) in [4.78, 5) is 14.7. The molecule has 0 atom stereocenters. The van der Waals surface area contributed by atoms with Crippen LogP contribution in [0.15, 0.2) is 66.7 Å². The quantitative estimate of drug-likeness (QED) is 0.636. The molecule has 1 aliphatic rings. The van der Waals surface area contributed by atoms with Gasteiger partial charge in [-0.3, -0.25) is 4.79 Å². The number of aromatic nitrogens is 2. The number of benzene rings is 2. The van der Waals surface area contributed by atoms with E-state index in [4.69, 9.17) is 4.74 Å². The van der Waals surface area contributed by atoms with Crippen molar-refractivity contribution in [1.29, 1.82) is 0 Å². The molecule has 1 amide bonds. The van der Waals surface area contributed by atoms with Crippen molar-refractivity contribution in [1.82, 2.24) is 15.5 Å². The summed E-state index contributed by atoms with van der Waals surface area (Å²) < 4.78 is 5.20. The fourth-order valence-electron chi connectivity index (χ4n) is 3.90. The lowest BCUT2D eigenvalue weighted by molar-refractivity contribution is -0.125. The zero-order valence-electron chi connectivity index (χ0n) is 17.8. The van der Waals surface area contributed by atoms with E-state index in [0.717, 1.165) is 55.2 Å². The molecule has 0 unspecified atom stereocenters. The van der Waals surface area contributed by atoms with Crippen molar-refractivity contribution in [3.8, 4) is 17.0 Å². The summed E-state index contributed by atoms with van der Waals surface area (Å²) in [5.41, 5.74) is 3.08. The number of nitrogens with one attached hydrogen (secondary N) is 1. The van der Waals surface area contributed by atoms with Crippen LogP contribution >= 0.6 is 0 Å². The second-order valence-corrected chi connectivity index (χ2v) is 7.79. The van der Waals surface area contributed by atoms with Gasteiger partial charge in [0.25, 0.3) is 0 Å². The Labute approximate surface area is 183 Å². The van der Waals surface area contributed by atoms with Crippen molar-refractivity contribution in [2.24, 2.45) is 5.92 Å². The number of carbonyl (C=O) groups is 1. The third-order valence-electron chi connectivity index (χ3n) is 5.78. The monoisotopic (exact) mass is 416 g/mol. The van der Waals surface area contributed by atoms with Crippen molar-refractivity contribution in [2.45, 2.75) is 19.3 Å². The summed E-state index contributed by atoms with van der Waals surface area (Å²) in [6.07, 6.45) is 2.53. The average Bonchev–Trinajstić information content (AvgIpc) is 2.85. The van der Waals surface area contributed by atoms with E-state index >= 15 is 0 Å². The van der Waals surface area contributed by atoms with Gasteiger partial charge in [0.05, 0.1) is 12.8 Å². The molecular weight excluding hydrogens is 388 g/mol. The number of methoxy groups -OCH3 is 1. The molecule has 31 heavy (non-hydrogen) atoms. The first-order valence-electron chi connectivity index (χ1n) is 10.8. The average molecular weight is 417 g/mol. The van der Waals surface area contributed by atoms with Crippen LogP contribution < -0.4 is 15.0 Å². The summed E-state index contributed by atoms with van der Waals surface area (Å²) in [5, 5.41) is 11.9. The zero-order chi connectivity index (χ0) is 21.5. The minimum absolute atomic E-state index is 0.0681. The summed E-state index contributed by atoms with van der Waals surface area (Å²) in [7, 11) is 1.65. The highest BCUT2D eigenvalue weighted by molar-refractivity contribution is 5.79. The Bertz CT molecular complexity index is 967. The standard InChI is InChI=1S/C25H28N4O2/c1-31-22-9-7-20(8-10-22)23-11-12-24(28-27-23)29-17-14-21(15-18-29)25(30)26-16-13-19-5-3-2-4-6-19/h2-12,21H,13-18H2,1H3,(H,26,30). The molecule has 0 spiro atoms. The number of hydrogen-bond donors (Lipinski definition) is 1. The van der Waals surface area contributed by atoms with Gasteiger partial charge in [-0.15, -0.1) is 10.2 Å². The van der Waals surface area contributed by atoms with E-state index in [0.29, 0.717) is 6.54 Å². The van der Waals surface area contributed by atoms with Crippen LogP contribution in [0.4, 0.5) is 5.82 Å². The molecule has 0 saturated carbocycles. The fraction of sp³-hybridized carbons (Fsp3) is 0.320. The Kier molecular flexibility index (Phi) is 6.77. The second kappa shape index (κ2) is 10.1. The van der Waals surface area contributed by atoms with E-state index in [1.54, 1.807) is 7.11 Å². The molecule has 0 radical (unpaired) electrons. The molecule has 2 aromatic carbocycles. The van der Waals surface area contributed by atoms with Gasteiger partial charge in [0.2, 0.25) is 5.91 Å². The van der Waals surface area contributed by atoms with E-state index in [2.05, 4.69) is 32.5 Å². The van der Waals surface area contributed by atoms with E-state index < -0.39 is 0 Å². The summed E-state index contributed by atoms with van der Waals surface area (Å²) >= 11 is 0. The van der Waals surface area contributed by atoms with Gasteiger partial charge in [-0.25, -0.2) is 0 Å². The zero-order valence-corrected chi connectivity index (χ0v) is 17.8. The summed E-state index contributed by atoms with van der Waals surface area (Å²) in [5.74, 6) is 1.91. The third-order valence-corrected chi connectivity index (χ3v) is 5.78. The minimum Gasteiger partial charge on any atom is -0.497 e. The number of nitrogens with zero attached hydrogens (tertiary/aromatic N) is 3. The molecule has 160 valence electrons. The molecule has 4 rings (SSSR count). The van der Waals surface area contributed by atoms with Gasteiger partial charge in [-0.2, -0.15) is 0 Å². The maximum Gasteiger partial charge on any atom is 0.223 e. The third kappa shape index (κ3) is 5.40. The van der Waals surface area contributed by atoms with E-state index in [1.165, 1.54) is 5.56 Å². The van der Waals surface area contributed by atoms with Crippen LogP contribution in [-0.2, 0) is 11.2 Å². The number of rotatable bonds is 7. The molecule has 2 heterocycles. The van der Waals surface area contributed by atoms with Gasteiger partial charge in [0.15, 0.2) is 5.82 Å². The maximum atomic E-state index is 12.5. The molecule has 6 nitrogen and oxygen atoms in total. The van der Waals surface area contributed by atoms with Gasteiger partial charge in [-0.05, 0) is 61.2 Å². The van der Waals surface area contributed by atoms with Crippen LogP contribution in [0.2, 0.25) is 0 Å². The highest BCUT2D eigenvalue weighted by Gasteiger charge is 2.25. The van der Waals surface area contributed by atoms with Gasteiger partial charge in [-0.1, -0.05) is 30.3 Å². The lowest BCUT2D eigenvalue weighted by Gasteiger charge is -2.31. The number of anilines is 1. The number of piperidine rings is 1. The first-order chi connectivity index (χ1) is 15.2. The molecule has 1 saturated heterocycles. The van der Waals surface area contributed by atoms with Crippen LogP contribution in [0.1, 0.15) is 18.4 Å². The summed E-state index contributed by atoms with van der Waals surface area (Å²) in [6.45, 7) is 2.31. The lowest BCUT2D eigenvalue weighted by atomic mass is 9.96. The van der Waals surface area contributed by atoms with Crippen LogP contribution in [-0.4, -0.2) is 42.8 Å². The molecule has 1 N–H and O–H groups in total. The lowest BCUT2D eigenvalue weighted by Crippen LogP contribution is -2.41. The van der Waals surface area contributed by atoms with E-state index in [9.17, 15) is 4.79 Å². The molecule has 1 aromatic heterocycles. The fourth-order valence-corrected chi connectivity index (χ4v) is 3.90. The predicted molar refractivity (Wildman–Crippen MR) is 122 cm³/mol. The van der Waals surface area contributed by atoms with Crippen LogP contribution in [0.5, 0.6) is 5.75 Å². The Morgan fingerprint density at radius 3 is 2.39 bits per heavy atom. The molecule has 0 aliphatic carbocycles. The smallest absolute Gasteiger partial charge is 0.223 e.